The molecule has 0 aromatic heterocycles. The van der Waals surface area contributed by atoms with Crippen molar-refractivity contribution in [2.24, 2.45) is 0 Å². The van der Waals surface area contributed by atoms with E-state index in [1.807, 2.05) is 24.3 Å². The zero-order valence-electron chi connectivity index (χ0n) is 22.0. The number of aliphatic hydroxyl groups is 1. The SMILES string of the molecule is CCCCCCCCCCCCCCCCCCc1ccccc1C(O)(C(=O)O)c1ccccc1. The van der Waals surface area contributed by atoms with Gasteiger partial charge in [-0.15, -0.1) is 0 Å². The fourth-order valence-corrected chi connectivity index (χ4v) is 5.03. The first-order valence-electron chi connectivity index (χ1n) is 14.2. The van der Waals surface area contributed by atoms with Crippen molar-refractivity contribution in [1.29, 1.82) is 0 Å². The molecule has 2 aromatic carbocycles. The Labute approximate surface area is 214 Å². The van der Waals surface area contributed by atoms with Gasteiger partial charge in [0, 0.05) is 5.56 Å². The van der Waals surface area contributed by atoms with Crippen LogP contribution in [-0.2, 0) is 16.8 Å². The van der Waals surface area contributed by atoms with E-state index in [0.29, 0.717) is 11.1 Å². The first kappa shape index (κ1) is 29.1. The Morgan fingerprint density at radius 1 is 0.629 bits per heavy atom. The fraction of sp³-hybridized carbons (Fsp3) is 0.594. The molecule has 3 nitrogen and oxygen atoms in total. The third kappa shape index (κ3) is 10.2. The van der Waals surface area contributed by atoms with Gasteiger partial charge in [0.1, 0.15) is 0 Å². The van der Waals surface area contributed by atoms with Crippen molar-refractivity contribution in [2.75, 3.05) is 0 Å². The molecule has 0 radical (unpaired) electrons. The molecule has 1 atom stereocenters. The van der Waals surface area contributed by atoms with Crippen molar-refractivity contribution in [2.45, 2.75) is 122 Å². The zero-order chi connectivity index (χ0) is 25.2. The van der Waals surface area contributed by atoms with Crippen molar-refractivity contribution in [3.05, 3.63) is 71.3 Å². The van der Waals surface area contributed by atoms with E-state index in [9.17, 15) is 15.0 Å². The summed E-state index contributed by atoms with van der Waals surface area (Å²) in [6, 6.07) is 16.2. The van der Waals surface area contributed by atoms with E-state index in [1.54, 1.807) is 30.3 Å². The van der Waals surface area contributed by atoms with E-state index in [-0.39, 0.29) is 0 Å². The minimum Gasteiger partial charge on any atom is -0.479 e. The summed E-state index contributed by atoms with van der Waals surface area (Å²) in [6.07, 6.45) is 22.1. The molecule has 3 heteroatoms. The molecule has 2 N–H and O–H groups in total. The minimum absolute atomic E-state index is 0.395. The summed E-state index contributed by atoms with van der Waals surface area (Å²) < 4.78 is 0. The van der Waals surface area contributed by atoms with E-state index in [2.05, 4.69) is 6.92 Å². The molecular weight excluding hydrogens is 432 g/mol. The Hall–Kier alpha value is -2.13. The summed E-state index contributed by atoms with van der Waals surface area (Å²) >= 11 is 0. The third-order valence-corrected chi connectivity index (χ3v) is 7.21. The molecule has 0 aliphatic heterocycles. The molecule has 0 saturated carbocycles. The summed E-state index contributed by atoms with van der Waals surface area (Å²) in [5.74, 6) is -1.23. The van der Waals surface area contributed by atoms with E-state index in [4.69, 9.17) is 0 Å². The molecule has 0 heterocycles. The van der Waals surface area contributed by atoms with Crippen LogP contribution < -0.4 is 0 Å². The number of carboxylic acid groups (broad SMARTS) is 1. The van der Waals surface area contributed by atoms with Gasteiger partial charge in [-0.05, 0) is 24.0 Å². The van der Waals surface area contributed by atoms with Crippen LogP contribution in [0.2, 0.25) is 0 Å². The molecular formula is C32H48O3. The number of unbranched alkanes of at least 4 members (excludes halogenated alkanes) is 15. The largest absolute Gasteiger partial charge is 0.479 e. The Kier molecular flexibility index (Phi) is 14.4. The van der Waals surface area contributed by atoms with Crippen LogP contribution in [0.1, 0.15) is 126 Å². The maximum absolute atomic E-state index is 12.1. The molecule has 0 aliphatic rings. The van der Waals surface area contributed by atoms with E-state index in [1.165, 1.54) is 89.9 Å². The van der Waals surface area contributed by atoms with Crippen molar-refractivity contribution in [1.82, 2.24) is 0 Å². The van der Waals surface area contributed by atoms with E-state index >= 15 is 0 Å². The van der Waals surface area contributed by atoms with Gasteiger partial charge < -0.3 is 10.2 Å². The highest BCUT2D eigenvalue weighted by molar-refractivity contribution is 5.84. The van der Waals surface area contributed by atoms with E-state index in [0.717, 1.165) is 24.8 Å². The van der Waals surface area contributed by atoms with Crippen molar-refractivity contribution in [3.63, 3.8) is 0 Å². The second kappa shape index (κ2) is 17.3. The van der Waals surface area contributed by atoms with Gasteiger partial charge in [0.15, 0.2) is 0 Å². The van der Waals surface area contributed by atoms with Crippen molar-refractivity contribution < 1.29 is 15.0 Å². The number of aliphatic carboxylic acids is 1. The lowest BCUT2D eigenvalue weighted by atomic mass is 9.82. The molecule has 194 valence electrons. The van der Waals surface area contributed by atoms with Crippen LogP contribution in [0.3, 0.4) is 0 Å². The van der Waals surface area contributed by atoms with Crippen molar-refractivity contribution >= 4 is 5.97 Å². The monoisotopic (exact) mass is 480 g/mol. The average Bonchev–Trinajstić information content (AvgIpc) is 2.88. The van der Waals surface area contributed by atoms with Gasteiger partial charge in [0.05, 0.1) is 0 Å². The first-order chi connectivity index (χ1) is 17.1. The molecule has 0 fully saturated rings. The minimum atomic E-state index is -2.02. The number of rotatable bonds is 20. The molecule has 0 bridgehead atoms. The standard InChI is InChI=1S/C32H48O3/c1-2-3-4-5-6-7-8-9-10-11-12-13-14-15-16-18-23-28-24-21-22-27-30(28)32(35,31(33)34)29-25-19-17-20-26-29/h17,19-22,24-27,35H,2-16,18,23H2,1H3,(H,33,34). The molecule has 0 saturated heterocycles. The van der Waals surface area contributed by atoms with Crippen LogP contribution in [0.25, 0.3) is 0 Å². The van der Waals surface area contributed by atoms with Crippen LogP contribution in [-0.4, -0.2) is 16.2 Å². The molecule has 0 spiro atoms. The second-order valence-electron chi connectivity index (χ2n) is 10.1. The molecule has 0 aliphatic carbocycles. The number of aryl methyl sites for hydroxylation is 1. The van der Waals surface area contributed by atoms with Gasteiger partial charge in [0.25, 0.3) is 0 Å². The number of benzene rings is 2. The summed E-state index contributed by atoms with van der Waals surface area (Å²) in [4.78, 5) is 12.1. The average molecular weight is 481 g/mol. The molecule has 2 rings (SSSR count). The van der Waals surface area contributed by atoms with Gasteiger partial charge >= 0.3 is 5.97 Å². The zero-order valence-corrected chi connectivity index (χ0v) is 22.0. The Morgan fingerprint density at radius 2 is 1.06 bits per heavy atom. The first-order valence-corrected chi connectivity index (χ1v) is 14.2. The van der Waals surface area contributed by atoms with Gasteiger partial charge in [-0.3, -0.25) is 0 Å². The Morgan fingerprint density at radius 3 is 1.54 bits per heavy atom. The van der Waals surface area contributed by atoms with Gasteiger partial charge in [-0.1, -0.05) is 158 Å². The summed E-state index contributed by atoms with van der Waals surface area (Å²) in [7, 11) is 0. The van der Waals surface area contributed by atoms with E-state index < -0.39 is 11.6 Å². The molecule has 2 aromatic rings. The number of carboxylic acids is 1. The lowest BCUT2D eigenvalue weighted by molar-refractivity contribution is -0.155. The predicted octanol–water partition coefficient (Wildman–Crippen LogP) is 8.81. The molecule has 1 unspecified atom stereocenters. The lowest BCUT2D eigenvalue weighted by Crippen LogP contribution is -2.37. The lowest BCUT2D eigenvalue weighted by Gasteiger charge is -2.27. The maximum atomic E-state index is 12.1. The highest BCUT2D eigenvalue weighted by Crippen LogP contribution is 2.33. The molecule has 0 amide bonds. The summed E-state index contributed by atoms with van der Waals surface area (Å²) in [6.45, 7) is 2.28. The number of hydrogen-bond donors (Lipinski definition) is 2. The van der Waals surface area contributed by atoms with Gasteiger partial charge in [-0.25, -0.2) is 4.79 Å². The number of hydrogen-bond acceptors (Lipinski definition) is 2. The molecule has 35 heavy (non-hydrogen) atoms. The smallest absolute Gasteiger partial charge is 0.345 e. The van der Waals surface area contributed by atoms with Crippen LogP contribution in [0.4, 0.5) is 0 Å². The van der Waals surface area contributed by atoms with Crippen LogP contribution >= 0.6 is 0 Å². The normalized spacial score (nSPS) is 13.0. The highest BCUT2D eigenvalue weighted by Gasteiger charge is 2.41. The highest BCUT2D eigenvalue weighted by atomic mass is 16.4. The predicted molar refractivity (Wildman–Crippen MR) is 147 cm³/mol. The summed E-state index contributed by atoms with van der Waals surface area (Å²) in [5, 5.41) is 21.2. The summed E-state index contributed by atoms with van der Waals surface area (Å²) in [5.41, 5.74) is -0.217. The fourth-order valence-electron chi connectivity index (χ4n) is 5.03. The quantitative estimate of drug-likeness (QED) is 0.186. The van der Waals surface area contributed by atoms with Gasteiger partial charge in [-0.2, -0.15) is 0 Å². The van der Waals surface area contributed by atoms with Crippen molar-refractivity contribution in [3.8, 4) is 0 Å². The van der Waals surface area contributed by atoms with Crippen LogP contribution in [0.5, 0.6) is 0 Å². The Balaban J connectivity index is 1.62. The Bertz CT molecular complexity index is 817. The second-order valence-corrected chi connectivity index (χ2v) is 10.1. The number of carbonyl (C=O) groups is 1. The van der Waals surface area contributed by atoms with Gasteiger partial charge in [0.2, 0.25) is 5.60 Å². The van der Waals surface area contributed by atoms with Crippen LogP contribution in [0.15, 0.2) is 54.6 Å². The maximum Gasteiger partial charge on any atom is 0.345 e. The van der Waals surface area contributed by atoms with Crippen LogP contribution in [0, 0.1) is 0 Å². The topological polar surface area (TPSA) is 57.5 Å². The third-order valence-electron chi connectivity index (χ3n) is 7.21.